The highest BCUT2D eigenvalue weighted by Crippen LogP contribution is 2.34. The second-order valence-corrected chi connectivity index (χ2v) is 5.41. The average molecular weight is 374 g/mol. The summed E-state index contributed by atoms with van der Waals surface area (Å²) < 4.78 is 15.1. The lowest BCUT2D eigenvalue weighted by atomic mass is 10.1. The number of benzene rings is 2. The molecule has 2 rings (SSSR count). The summed E-state index contributed by atoms with van der Waals surface area (Å²) >= 11 is 0. The number of anilines is 1. The van der Waals surface area contributed by atoms with Crippen LogP contribution < -0.4 is 14.8 Å². The minimum absolute atomic E-state index is 0.0478. The molecule has 0 saturated heterocycles. The molecule has 0 radical (unpaired) electrons. The third-order valence-corrected chi connectivity index (χ3v) is 3.92. The van der Waals surface area contributed by atoms with Crippen LogP contribution in [0.3, 0.4) is 0 Å². The number of hydrogen-bond acceptors (Lipinski definition) is 7. The van der Waals surface area contributed by atoms with E-state index in [9.17, 15) is 19.7 Å². The molecule has 0 fully saturated rings. The number of nitrogens with one attached hydrogen (secondary N) is 1. The topological polar surface area (TPSA) is 117 Å². The largest absolute Gasteiger partial charge is 0.493 e. The van der Waals surface area contributed by atoms with E-state index in [1.165, 1.54) is 58.6 Å². The Balaban J connectivity index is 2.50. The normalized spacial score (nSPS) is 10.1. The van der Waals surface area contributed by atoms with Gasteiger partial charge in [-0.25, -0.2) is 4.79 Å². The summed E-state index contributed by atoms with van der Waals surface area (Å²) in [6.45, 7) is 1.48. The molecule has 9 heteroatoms. The van der Waals surface area contributed by atoms with Crippen molar-refractivity contribution in [2.24, 2.45) is 0 Å². The number of ether oxygens (including phenoxy) is 3. The van der Waals surface area contributed by atoms with Gasteiger partial charge in [-0.05, 0) is 13.0 Å². The molecule has 0 spiro atoms. The van der Waals surface area contributed by atoms with Crippen molar-refractivity contribution < 1.29 is 28.7 Å². The zero-order chi connectivity index (χ0) is 20.1. The maximum absolute atomic E-state index is 12.7. The van der Waals surface area contributed by atoms with Gasteiger partial charge in [-0.15, -0.1) is 0 Å². The van der Waals surface area contributed by atoms with Crippen LogP contribution in [-0.2, 0) is 4.74 Å². The predicted molar refractivity (Wildman–Crippen MR) is 96.7 cm³/mol. The van der Waals surface area contributed by atoms with Crippen molar-refractivity contribution in [3.05, 3.63) is 57.1 Å². The zero-order valence-corrected chi connectivity index (χ0v) is 15.2. The molecule has 0 heterocycles. The van der Waals surface area contributed by atoms with E-state index in [1.54, 1.807) is 0 Å². The van der Waals surface area contributed by atoms with Crippen LogP contribution in [0.25, 0.3) is 0 Å². The number of rotatable bonds is 6. The van der Waals surface area contributed by atoms with Crippen molar-refractivity contribution in [3.8, 4) is 11.5 Å². The van der Waals surface area contributed by atoms with E-state index >= 15 is 0 Å². The molecule has 0 unspecified atom stereocenters. The molecule has 2 aromatic carbocycles. The molecule has 142 valence electrons. The summed E-state index contributed by atoms with van der Waals surface area (Å²) in [6.07, 6.45) is 0. The van der Waals surface area contributed by atoms with Crippen LogP contribution in [-0.4, -0.2) is 38.1 Å². The van der Waals surface area contributed by atoms with E-state index in [0.717, 1.165) is 0 Å². The molecule has 0 aliphatic heterocycles. The third-order valence-electron chi connectivity index (χ3n) is 3.92. The van der Waals surface area contributed by atoms with Crippen molar-refractivity contribution >= 4 is 23.3 Å². The van der Waals surface area contributed by atoms with E-state index < -0.39 is 16.8 Å². The highest BCUT2D eigenvalue weighted by atomic mass is 16.6. The van der Waals surface area contributed by atoms with E-state index in [0.29, 0.717) is 0 Å². The second-order valence-electron chi connectivity index (χ2n) is 5.41. The number of nitrogens with zero attached hydrogens (tertiary/aromatic N) is 1. The SMILES string of the molecule is COC(=O)c1cc(OC)c(OC)cc1NC(=O)c1cccc([N+](=O)[O-])c1C. The summed E-state index contributed by atoms with van der Waals surface area (Å²) in [7, 11) is 4.02. The Morgan fingerprint density at radius 1 is 1.04 bits per heavy atom. The number of nitro groups is 1. The molecule has 27 heavy (non-hydrogen) atoms. The maximum atomic E-state index is 12.7. The number of methoxy groups -OCH3 is 3. The molecular formula is C18H18N2O7. The van der Waals surface area contributed by atoms with Crippen LogP contribution >= 0.6 is 0 Å². The summed E-state index contributed by atoms with van der Waals surface area (Å²) in [5, 5.41) is 13.7. The fourth-order valence-corrected chi connectivity index (χ4v) is 2.52. The van der Waals surface area contributed by atoms with Crippen LogP contribution in [0, 0.1) is 17.0 Å². The highest BCUT2D eigenvalue weighted by Gasteiger charge is 2.22. The van der Waals surface area contributed by atoms with Crippen LogP contribution in [0.1, 0.15) is 26.3 Å². The molecule has 1 amide bonds. The minimum atomic E-state index is -0.693. The Kier molecular flexibility index (Phi) is 5.96. The van der Waals surface area contributed by atoms with Crippen LogP contribution in [0.4, 0.5) is 11.4 Å². The lowest BCUT2D eigenvalue weighted by Crippen LogP contribution is -2.17. The van der Waals surface area contributed by atoms with Gasteiger partial charge >= 0.3 is 5.97 Å². The summed E-state index contributed by atoms with van der Waals surface area (Å²) in [5.41, 5.74) is 0.306. The van der Waals surface area contributed by atoms with Crippen LogP contribution in [0.5, 0.6) is 11.5 Å². The molecule has 1 N–H and O–H groups in total. The second kappa shape index (κ2) is 8.17. The van der Waals surface area contributed by atoms with Gasteiger partial charge in [0.25, 0.3) is 11.6 Å². The number of nitro benzene ring substituents is 1. The Morgan fingerprint density at radius 2 is 1.67 bits per heavy atom. The highest BCUT2D eigenvalue weighted by molar-refractivity contribution is 6.09. The van der Waals surface area contributed by atoms with Gasteiger partial charge < -0.3 is 19.5 Å². The van der Waals surface area contributed by atoms with Crippen molar-refractivity contribution in [1.82, 2.24) is 0 Å². The first-order chi connectivity index (χ1) is 12.8. The minimum Gasteiger partial charge on any atom is -0.493 e. The monoisotopic (exact) mass is 374 g/mol. The van der Waals surface area contributed by atoms with Crippen molar-refractivity contribution in [2.75, 3.05) is 26.6 Å². The van der Waals surface area contributed by atoms with E-state index in [2.05, 4.69) is 5.32 Å². The standard InChI is InChI=1S/C18H18N2O7/c1-10-11(6-5-7-14(10)20(23)24)17(21)19-13-9-16(26-3)15(25-2)8-12(13)18(22)27-4/h5-9H,1-4H3,(H,19,21). The van der Waals surface area contributed by atoms with E-state index in [4.69, 9.17) is 14.2 Å². The van der Waals surface area contributed by atoms with Crippen LogP contribution in [0.15, 0.2) is 30.3 Å². The predicted octanol–water partition coefficient (Wildman–Crippen LogP) is 2.96. The number of carbonyl (C=O) groups excluding carboxylic acids is 2. The number of carbonyl (C=O) groups is 2. The zero-order valence-electron chi connectivity index (χ0n) is 15.2. The lowest BCUT2D eigenvalue weighted by molar-refractivity contribution is -0.385. The summed E-state index contributed by atoms with van der Waals surface area (Å²) in [4.78, 5) is 35.2. The molecule has 0 aliphatic rings. The van der Waals surface area contributed by atoms with Gasteiger partial charge in [-0.1, -0.05) is 6.07 Å². The van der Waals surface area contributed by atoms with Crippen molar-refractivity contribution in [3.63, 3.8) is 0 Å². The molecule has 0 saturated carbocycles. The smallest absolute Gasteiger partial charge is 0.340 e. The Labute approximate surface area is 155 Å². The first-order valence-electron chi connectivity index (χ1n) is 7.73. The number of hydrogen-bond donors (Lipinski definition) is 1. The third kappa shape index (κ3) is 3.97. The first-order valence-corrected chi connectivity index (χ1v) is 7.73. The fourth-order valence-electron chi connectivity index (χ4n) is 2.52. The van der Waals surface area contributed by atoms with Gasteiger partial charge in [0.15, 0.2) is 11.5 Å². The summed E-state index contributed by atoms with van der Waals surface area (Å²) in [5.74, 6) is -0.741. The first kappa shape index (κ1) is 19.7. The van der Waals surface area contributed by atoms with Gasteiger partial charge in [-0.2, -0.15) is 0 Å². The Morgan fingerprint density at radius 3 is 2.22 bits per heavy atom. The van der Waals surface area contributed by atoms with E-state index in [-0.39, 0.29) is 39.6 Å². The molecule has 0 bridgehead atoms. The number of esters is 1. The summed E-state index contributed by atoms with van der Waals surface area (Å²) in [6, 6.07) is 6.96. The van der Waals surface area contributed by atoms with Crippen molar-refractivity contribution in [2.45, 2.75) is 6.92 Å². The molecule has 0 atom stereocenters. The molecule has 2 aromatic rings. The quantitative estimate of drug-likeness (QED) is 0.469. The lowest BCUT2D eigenvalue weighted by Gasteiger charge is -2.15. The van der Waals surface area contributed by atoms with Gasteiger partial charge in [0.05, 0.1) is 37.5 Å². The number of amides is 1. The van der Waals surface area contributed by atoms with Crippen LogP contribution in [0.2, 0.25) is 0 Å². The Hall–Kier alpha value is -3.62. The maximum Gasteiger partial charge on any atom is 0.340 e. The van der Waals surface area contributed by atoms with E-state index in [1.807, 2.05) is 0 Å². The fraction of sp³-hybridized carbons (Fsp3) is 0.222. The van der Waals surface area contributed by atoms with Crippen molar-refractivity contribution in [1.29, 1.82) is 0 Å². The molecule has 9 nitrogen and oxygen atoms in total. The molecule has 0 aliphatic carbocycles. The van der Waals surface area contributed by atoms with Gasteiger partial charge in [0.1, 0.15) is 0 Å². The molecular weight excluding hydrogens is 356 g/mol. The van der Waals surface area contributed by atoms with Gasteiger partial charge in [-0.3, -0.25) is 14.9 Å². The molecule has 0 aromatic heterocycles. The Bertz CT molecular complexity index is 909. The van der Waals surface area contributed by atoms with Gasteiger partial charge in [0, 0.05) is 29.3 Å². The average Bonchev–Trinajstić information content (AvgIpc) is 2.66. The van der Waals surface area contributed by atoms with Gasteiger partial charge in [0.2, 0.25) is 0 Å².